The van der Waals surface area contributed by atoms with Gasteiger partial charge in [0, 0.05) is 12.2 Å². The fourth-order valence-corrected chi connectivity index (χ4v) is 1.77. The van der Waals surface area contributed by atoms with Gasteiger partial charge in [-0.25, -0.2) is 0 Å². The van der Waals surface area contributed by atoms with Crippen LogP contribution >= 0.6 is 0 Å². The number of anilines is 1. The van der Waals surface area contributed by atoms with Crippen LogP contribution in [0.2, 0.25) is 0 Å². The number of hydrogen-bond acceptors (Lipinski definition) is 3. The molecule has 0 saturated carbocycles. The number of halogens is 3. The lowest BCUT2D eigenvalue weighted by molar-refractivity contribution is -0.255. The minimum absolute atomic E-state index is 0.0535. The average molecular weight is 294 g/mol. The third-order valence-corrected chi connectivity index (χ3v) is 2.88. The summed E-state index contributed by atoms with van der Waals surface area (Å²) in [7, 11) is 0. The Morgan fingerprint density at radius 1 is 1.10 bits per heavy atom. The fourth-order valence-electron chi connectivity index (χ4n) is 1.77. The molecule has 0 aliphatic carbocycles. The predicted octanol–water partition coefficient (Wildman–Crippen LogP) is 2.68. The molecule has 0 heterocycles. The molecular weight excluding hydrogens is 283 g/mol. The first kappa shape index (κ1) is 14.9. The summed E-state index contributed by atoms with van der Waals surface area (Å²) in [5.74, 6) is -1.27. The van der Waals surface area contributed by atoms with E-state index in [9.17, 15) is 23.1 Å². The summed E-state index contributed by atoms with van der Waals surface area (Å²) < 4.78 is 37.7. The molecule has 2 aromatic carbocycles. The molecule has 21 heavy (non-hydrogen) atoms. The largest absolute Gasteiger partial charge is 0.545 e. The zero-order valence-electron chi connectivity index (χ0n) is 10.8. The van der Waals surface area contributed by atoms with Gasteiger partial charge in [0.2, 0.25) is 0 Å². The SMILES string of the molecule is O=C([O-])c1ccc(CNc2cccc(C(F)(F)F)c2)cc1. The highest BCUT2D eigenvalue weighted by Crippen LogP contribution is 2.30. The van der Waals surface area contributed by atoms with Crippen LogP contribution in [0.1, 0.15) is 21.5 Å². The second kappa shape index (κ2) is 5.87. The van der Waals surface area contributed by atoms with Crippen molar-refractivity contribution < 1.29 is 23.1 Å². The van der Waals surface area contributed by atoms with Crippen molar-refractivity contribution in [2.45, 2.75) is 12.7 Å². The first-order valence-corrected chi connectivity index (χ1v) is 6.08. The highest BCUT2D eigenvalue weighted by molar-refractivity contribution is 5.85. The highest BCUT2D eigenvalue weighted by Gasteiger charge is 2.30. The van der Waals surface area contributed by atoms with Crippen LogP contribution in [0.4, 0.5) is 18.9 Å². The number of carbonyl (C=O) groups excluding carboxylic acids is 1. The van der Waals surface area contributed by atoms with Gasteiger partial charge >= 0.3 is 6.18 Å². The van der Waals surface area contributed by atoms with Crippen LogP contribution < -0.4 is 10.4 Å². The second-order valence-electron chi connectivity index (χ2n) is 4.42. The molecule has 0 radical (unpaired) electrons. The summed E-state index contributed by atoms with van der Waals surface area (Å²) >= 11 is 0. The molecule has 3 nitrogen and oxygen atoms in total. The molecule has 0 atom stereocenters. The van der Waals surface area contributed by atoms with E-state index in [-0.39, 0.29) is 12.1 Å². The van der Waals surface area contributed by atoms with Gasteiger partial charge in [-0.2, -0.15) is 13.2 Å². The lowest BCUT2D eigenvalue weighted by Crippen LogP contribution is -2.22. The van der Waals surface area contributed by atoms with Gasteiger partial charge in [0.15, 0.2) is 0 Å². The predicted molar refractivity (Wildman–Crippen MR) is 69.5 cm³/mol. The van der Waals surface area contributed by atoms with E-state index in [1.54, 1.807) is 12.1 Å². The Hall–Kier alpha value is -2.50. The van der Waals surface area contributed by atoms with E-state index in [0.29, 0.717) is 5.69 Å². The first-order chi connectivity index (χ1) is 9.86. The van der Waals surface area contributed by atoms with Crippen LogP contribution in [0.15, 0.2) is 48.5 Å². The maximum absolute atomic E-state index is 12.6. The Balaban J connectivity index is 2.04. The van der Waals surface area contributed by atoms with E-state index in [1.807, 2.05) is 0 Å². The molecule has 1 N–H and O–H groups in total. The van der Waals surface area contributed by atoms with Gasteiger partial charge in [0.05, 0.1) is 11.5 Å². The first-order valence-electron chi connectivity index (χ1n) is 6.08. The molecule has 0 fully saturated rings. The Labute approximate surface area is 119 Å². The van der Waals surface area contributed by atoms with Gasteiger partial charge < -0.3 is 15.2 Å². The third kappa shape index (κ3) is 3.98. The van der Waals surface area contributed by atoms with Gasteiger partial charge in [0.25, 0.3) is 0 Å². The van der Waals surface area contributed by atoms with E-state index in [1.165, 1.54) is 24.3 Å². The zero-order chi connectivity index (χ0) is 15.5. The number of carboxylic acids is 1. The number of hydrogen-bond donors (Lipinski definition) is 1. The molecule has 2 aromatic rings. The summed E-state index contributed by atoms with van der Waals surface area (Å²) in [5, 5.41) is 13.4. The molecule has 0 amide bonds. The minimum Gasteiger partial charge on any atom is -0.545 e. The topological polar surface area (TPSA) is 52.2 Å². The maximum Gasteiger partial charge on any atom is 0.416 e. The van der Waals surface area contributed by atoms with E-state index in [4.69, 9.17) is 0 Å². The van der Waals surface area contributed by atoms with Crippen LogP contribution in [0.25, 0.3) is 0 Å². The van der Waals surface area contributed by atoms with Crippen LogP contribution in [-0.4, -0.2) is 5.97 Å². The normalized spacial score (nSPS) is 11.2. The molecule has 0 unspecified atom stereocenters. The second-order valence-corrected chi connectivity index (χ2v) is 4.42. The molecule has 0 spiro atoms. The van der Waals surface area contributed by atoms with Gasteiger partial charge in [-0.15, -0.1) is 0 Å². The number of carboxylic acid groups (broad SMARTS) is 1. The summed E-state index contributed by atoms with van der Waals surface area (Å²) in [6.45, 7) is 0.286. The monoisotopic (exact) mass is 294 g/mol. The molecule has 0 aliphatic heterocycles. The third-order valence-electron chi connectivity index (χ3n) is 2.88. The molecule has 110 valence electrons. The number of carbonyl (C=O) groups is 1. The summed E-state index contributed by atoms with van der Waals surface area (Å²) in [5.41, 5.74) is 0.420. The molecule has 0 saturated heterocycles. The van der Waals surface area contributed by atoms with Crippen molar-refractivity contribution in [2.24, 2.45) is 0 Å². The minimum atomic E-state index is -4.38. The van der Waals surface area contributed by atoms with Gasteiger partial charge in [-0.1, -0.05) is 30.3 Å². The number of alkyl halides is 3. The van der Waals surface area contributed by atoms with Crippen molar-refractivity contribution in [3.8, 4) is 0 Å². The molecular formula is C15H11F3NO2-. The zero-order valence-corrected chi connectivity index (χ0v) is 10.8. The molecule has 0 bridgehead atoms. The fraction of sp³-hybridized carbons (Fsp3) is 0.133. The molecule has 0 aromatic heterocycles. The van der Waals surface area contributed by atoms with Crippen molar-refractivity contribution in [1.82, 2.24) is 0 Å². The summed E-state index contributed by atoms with van der Waals surface area (Å²) in [6.07, 6.45) is -4.38. The smallest absolute Gasteiger partial charge is 0.416 e. The van der Waals surface area contributed by atoms with Crippen molar-refractivity contribution in [3.63, 3.8) is 0 Å². The lowest BCUT2D eigenvalue weighted by Gasteiger charge is -2.11. The Kier molecular flexibility index (Phi) is 4.16. The van der Waals surface area contributed by atoms with Crippen LogP contribution in [0.5, 0.6) is 0 Å². The number of rotatable bonds is 4. The van der Waals surface area contributed by atoms with E-state index in [0.717, 1.165) is 17.7 Å². The summed E-state index contributed by atoms with van der Waals surface area (Å²) in [6, 6.07) is 10.8. The lowest BCUT2D eigenvalue weighted by atomic mass is 10.1. The van der Waals surface area contributed by atoms with Crippen LogP contribution in [0.3, 0.4) is 0 Å². The maximum atomic E-state index is 12.6. The van der Waals surface area contributed by atoms with E-state index in [2.05, 4.69) is 5.32 Å². The summed E-state index contributed by atoms with van der Waals surface area (Å²) in [4.78, 5) is 10.6. The Morgan fingerprint density at radius 3 is 2.33 bits per heavy atom. The molecule has 6 heteroatoms. The van der Waals surface area contributed by atoms with Gasteiger partial charge in [0.1, 0.15) is 0 Å². The number of aromatic carboxylic acids is 1. The number of benzene rings is 2. The van der Waals surface area contributed by atoms with Crippen molar-refractivity contribution in [2.75, 3.05) is 5.32 Å². The van der Waals surface area contributed by atoms with Crippen LogP contribution in [0, 0.1) is 0 Å². The van der Waals surface area contributed by atoms with E-state index < -0.39 is 17.7 Å². The standard InChI is InChI=1S/C15H12F3NO2/c16-15(17,18)12-2-1-3-13(8-12)19-9-10-4-6-11(7-5-10)14(20)21/h1-8,19H,9H2,(H,20,21)/p-1. The highest BCUT2D eigenvalue weighted by atomic mass is 19.4. The van der Waals surface area contributed by atoms with Crippen molar-refractivity contribution in [1.29, 1.82) is 0 Å². The van der Waals surface area contributed by atoms with Gasteiger partial charge in [-0.05, 0) is 29.3 Å². The average Bonchev–Trinajstić information content (AvgIpc) is 2.45. The molecule has 2 rings (SSSR count). The number of nitrogens with one attached hydrogen (secondary N) is 1. The van der Waals surface area contributed by atoms with Crippen LogP contribution in [-0.2, 0) is 12.7 Å². The van der Waals surface area contributed by atoms with Crippen molar-refractivity contribution >= 4 is 11.7 Å². The Morgan fingerprint density at radius 2 is 1.76 bits per heavy atom. The molecule has 0 aliphatic rings. The Bertz CT molecular complexity index is 636. The quantitative estimate of drug-likeness (QED) is 0.943. The van der Waals surface area contributed by atoms with Crippen molar-refractivity contribution in [3.05, 3.63) is 65.2 Å². The van der Waals surface area contributed by atoms with Gasteiger partial charge in [-0.3, -0.25) is 0 Å². The van der Waals surface area contributed by atoms with E-state index >= 15 is 0 Å².